The SMILES string of the molecule is CCCNc1cncc(NCC2CCC(C)C2)n1. The van der Waals surface area contributed by atoms with Gasteiger partial charge in [0.2, 0.25) is 0 Å². The molecule has 2 rings (SSSR count). The predicted octanol–water partition coefficient (Wildman–Crippen LogP) is 3.15. The molecule has 1 aromatic rings. The van der Waals surface area contributed by atoms with Crippen molar-refractivity contribution in [2.75, 3.05) is 23.7 Å². The first-order valence-corrected chi connectivity index (χ1v) is 7.07. The van der Waals surface area contributed by atoms with Crippen LogP contribution >= 0.6 is 0 Å². The van der Waals surface area contributed by atoms with Gasteiger partial charge < -0.3 is 10.6 Å². The monoisotopic (exact) mass is 248 g/mol. The van der Waals surface area contributed by atoms with E-state index in [0.29, 0.717) is 0 Å². The van der Waals surface area contributed by atoms with Crippen molar-refractivity contribution in [1.82, 2.24) is 9.97 Å². The van der Waals surface area contributed by atoms with Crippen LogP contribution in [0.2, 0.25) is 0 Å². The quantitative estimate of drug-likeness (QED) is 0.812. The van der Waals surface area contributed by atoms with Crippen molar-refractivity contribution in [2.24, 2.45) is 11.8 Å². The van der Waals surface area contributed by atoms with Crippen LogP contribution in [-0.4, -0.2) is 23.1 Å². The summed E-state index contributed by atoms with van der Waals surface area (Å²) >= 11 is 0. The third-order valence-electron chi connectivity index (χ3n) is 3.57. The lowest BCUT2D eigenvalue weighted by molar-refractivity contribution is 0.536. The lowest BCUT2D eigenvalue weighted by Crippen LogP contribution is -2.13. The van der Waals surface area contributed by atoms with E-state index in [1.54, 1.807) is 12.4 Å². The zero-order chi connectivity index (χ0) is 12.8. The molecule has 0 aromatic carbocycles. The van der Waals surface area contributed by atoms with Crippen LogP contribution in [0.5, 0.6) is 0 Å². The van der Waals surface area contributed by atoms with E-state index >= 15 is 0 Å². The van der Waals surface area contributed by atoms with Gasteiger partial charge >= 0.3 is 0 Å². The smallest absolute Gasteiger partial charge is 0.146 e. The second kappa shape index (κ2) is 6.57. The number of nitrogens with zero attached hydrogens (tertiary/aromatic N) is 2. The Morgan fingerprint density at radius 3 is 2.67 bits per heavy atom. The van der Waals surface area contributed by atoms with Crippen molar-refractivity contribution in [1.29, 1.82) is 0 Å². The summed E-state index contributed by atoms with van der Waals surface area (Å²) in [4.78, 5) is 8.72. The fourth-order valence-electron chi connectivity index (χ4n) is 2.55. The molecule has 1 saturated carbocycles. The molecule has 1 heterocycles. The van der Waals surface area contributed by atoms with E-state index in [9.17, 15) is 0 Å². The molecule has 0 spiro atoms. The van der Waals surface area contributed by atoms with Gasteiger partial charge in [-0.25, -0.2) is 4.98 Å². The Morgan fingerprint density at radius 1 is 1.22 bits per heavy atom. The van der Waals surface area contributed by atoms with Crippen LogP contribution in [-0.2, 0) is 0 Å². The highest BCUT2D eigenvalue weighted by atomic mass is 15.1. The van der Waals surface area contributed by atoms with E-state index in [0.717, 1.165) is 43.0 Å². The molecule has 0 bridgehead atoms. The summed E-state index contributed by atoms with van der Waals surface area (Å²) < 4.78 is 0. The average molecular weight is 248 g/mol. The van der Waals surface area contributed by atoms with Gasteiger partial charge in [0.1, 0.15) is 11.6 Å². The molecular weight excluding hydrogens is 224 g/mol. The van der Waals surface area contributed by atoms with Gasteiger partial charge in [-0.05, 0) is 31.1 Å². The van der Waals surface area contributed by atoms with Gasteiger partial charge in [0.15, 0.2) is 0 Å². The van der Waals surface area contributed by atoms with Crippen molar-refractivity contribution < 1.29 is 0 Å². The van der Waals surface area contributed by atoms with Gasteiger partial charge in [-0.1, -0.05) is 20.3 Å². The number of hydrogen-bond donors (Lipinski definition) is 2. The highest BCUT2D eigenvalue weighted by Gasteiger charge is 2.20. The highest BCUT2D eigenvalue weighted by Crippen LogP contribution is 2.30. The van der Waals surface area contributed by atoms with Crippen LogP contribution in [0.1, 0.15) is 39.5 Å². The second-order valence-corrected chi connectivity index (χ2v) is 5.38. The molecule has 0 radical (unpaired) electrons. The minimum absolute atomic E-state index is 0.800. The molecule has 2 unspecified atom stereocenters. The molecule has 100 valence electrons. The minimum Gasteiger partial charge on any atom is -0.369 e. The Labute approximate surface area is 110 Å². The van der Waals surface area contributed by atoms with Gasteiger partial charge in [-0.15, -0.1) is 0 Å². The molecule has 1 aromatic heterocycles. The number of aromatic nitrogens is 2. The van der Waals surface area contributed by atoms with Gasteiger partial charge in [0, 0.05) is 13.1 Å². The maximum absolute atomic E-state index is 4.51. The van der Waals surface area contributed by atoms with E-state index in [-0.39, 0.29) is 0 Å². The zero-order valence-corrected chi connectivity index (χ0v) is 11.4. The van der Waals surface area contributed by atoms with Crippen LogP contribution in [0.25, 0.3) is 0 Å². The fraction of sp³-hybridized carbons (Fsp3) is 0.714. The van der Waals surface area contributed by atoms with Crippen molar-refractivity contribution in [3.05, 3.63) is 12.4 Å². The molecule has 4 heteroatoms. The van der Waals surface area contributed by atoms with E-state index in [4.69, 9.17) is 0 Å². The number of hydrogen-bond acceptors (Lipinski definition) is 4. The van der Waals surface area contributed by atoms with Crippen molar-refractivity contribution in [2.45, 2.75) is 39.5 Å². The molecule has 2 atom stereocenters. The molecule has 1 fully saturated rings. The first kappa shape index (κ1) is 13.1. The van der Waals surface area contributed by atoms with Crippen LogP contribution in [0, 0.1) is 11.8 Å². The van der Waals surface area contributed by atoms with E-state index in [1.807, 2.05) is 0 Å². The Kier molecular flexibility index (Phi) is 4.79. The molecule has 0 saturated heterocycles. The van der Waals surface area contributed by atoms with E-state index < -0.39 is 0 Å². The van der Waals surface area contributed by atoms with Crippen molar-refractivity contribution in [3.8, 4) is 0 Å². The lowest BCUT2D eigenvalue weighted by Gasteiger charge is -2.12. The summed E-state index contributed by atoms with van der Waals surface area (Å²) in [5, 5.41) is 6.67. The lowest BCUT2D eigenvalue weighted by atomic mass is 10.1. The Balaban J connectivity index is 1.81. The first-order chi connectivity index (χ1) is 8.78. The summed E-state index contributed by atoms with van der Waals surface area (Å²) in [6.07, 6.45) is 8.73. The summed E-state index contributed by atoms with van der Waals surface area (Å²) in [5.74, 6) is 3.44. The Bertz CT molecular complexity index is 367. The molecular formula is C14H24N4. The molecule has 4 nitrogen and oxygen atoms in total. The molecule has 1 aliphatic carbocycles. The van der Waals surface area contributed by atoms with Crippen LogP contribution in [0.4, 0.5) is 11.6 Å². The average Bonchev–Trinajstić information content (AvgIpc) is 2.80. The van der Waals surface area contributed by atoms with Gasteiger partial charge in [-0.2, -0.15) is 0 Å². The standard InChI is InChI=1S/C14H24N4/c1-3-6-16-13-9-15-10-14(18-13)17-8-12-5-4-11(2)7-12/h9-12H,3-8H2,1-2H3,(H2,16,17,18). The van der Waals surface area contributed by atoms with Crippen LogP contribution in [0.15, 0.2) is 12.4 Å². The largest absolute Gasteiger partial charge is 0.369 e. The van der Waals surface area contributed by atoms with Crippen molar-refractivity contribution >= 4 is 11.6 Å². The third kappa shape index (κ3) is 3.86. The number of anilines is 2. The van der Waals surface area contributed by atoms with Gasteiger partial charge in [0.05, 0.1) is 12.4 Å². The minimum atomic E-state index is 0.800. The molecule has 1 aliphatic rings. The summed E-state index contributed by atoms with van der Waals surface area (Å²) in [6, 6.07) is 0. The maximum atomic E-state index is 4.51. The topological polar surface area (TPSA) is 49.8 Å². The second-order valence-electron chi connectivity index (χ2n) is 5.38. The van der Waals surface area contributed by atoms with Crippen LogP contribution in [0.3, 0.4) is 0 Å². The van der Waals surface area contributed by atoms with Gasteiger partial charge in [0.25, 0.3) is 0 Å². The number of nitrogens with one attached hydrogen (secondary N) is 2. The summed E-state index contributed by atoms with van der Waals surface area (Å²) in [6.45, 7) is 6.45. The van der Waals surface area contributed by atoms with E-state index in [2.05, 4.69) is 34.4 Å². The predicted molar refractivity (Wildman–Crippen MR) is 75.8 cm³/mol. The molecule has 2 N–H and O–H groups in total. The first-order valence-electron chi connectivity index (χ1n) is 7.07. The Morgan fingerprint density at radius 2 is 2.00 bits per heavy atom. The normalized spacial score (nSPS) is 23.0. The van der Waals surface area contributed by atoms with Gasteiger partial charge in [-0.3, -0.25) is 4.98 Å². The molecule has 0 amide bonds. The van der Waals surface area contributed by atoms with Crippen LogP contribution < -0.4 is 10.6 Å². The van der Waals surface area contributed by atoms with E-state index in [1.165, 1.54) is 19.3 Å². The maximum Gasteiger partial charge on any atom is 0.146 e. The highest BCUT2D eigenvalue weighted by molar-refractivity contribution is 5.41. The fourth-order valence-corrected chi connectivity index (χ4v) is 2.55. The van der Waals surface area contributed by atoms with Crippen molar-refractivity contribution in [3.63, 3.8) is 0 Å². The zero-order valence-electron chi connectivity index (χ0n) is 11.4. The Hall–Kier alpha value is -1.32. The summed E-state index contributed by atoms with van der Waals surface area (Å²) in [5.41, 5.74) is 0. The number of rotatable bonds is 6. The summed E-state index contributed by atoms with van der Waals surface area (Å²) in [7, 11) is 0. The molecule has 18 heavy (non-hydrogen) atoms. The third-order valence-corrected chi connectivity index (χ3v) is 3.57. The molecule has 0 aliphatic heterocycles.